The van der Waals surface area contributed by atoms with Crippen LogP contribution in [0.4, 0.5) is 5.69 Å². The van der Waals surface area contributed by atoms with Crippen LogP contribution in [-0.4, -0.2) is 31.7 Å². The monoisotopic (exact) mass is 509 g/mol. The lowest BCUT2D eigenvalue weighted by atomic mass is 9.64. The number of amides is 2. The molecule has 0 spiro atoms. The Morgan fingerprint density at radius 1 is 0.868 bits per heavy atom. The van der Waals surface area contributed by atoms with Crippen molar-refractivity contribution in [1.82, 2.24) is 0 Å². The predicted octanol–water partition coefficient (Wildman–Crippen LogP) is 4.25. The van der Waals surface area contributed by atoms with Crippen LogP contribution in [0.25, 0.3) is 5.57 Å². The summed E-state index contributed by atoms with van der Waals surface area (Å²) in [6, 6.07) is 18.1. The van der Waals surface area contributed by atoms with Gasteiger partial charge in [-0.05, 0) is 54.0 Å². The highest BCUT2D eigenvalue weighted by Crippen LogP contribution is 2.55. The van der Waals surface area contributed by atoms with Gasteiger partial charge in [0.15, 0.2) is 11.5 Å². The van der Waals surface area contributed by atoms with Gasteiger partial charge in [-0.15, -0.1) is 0 Å². The molecule has 4 atom stereocenters. The maximum Gasteiger partial charge on any atom is 0.319 e. The van der Waals surface area contributed by atoms with Gasteiger partial charge in [-0.2, -0.15) is 0 Å². The van der Waals surface area contributed by atoms with Crippen LogP contribution in [0.1, 0.15) is 22.6 Å². The Bertz CT molecular complexity index is 1570. The van der Waals surface area contributed by atoms with Crippen molar-refractivity contribution >= 4 is 29.0 Å². The highest BCUT2D eigenvalue weighted by atomic mass is 16.7. The first kappa shape index (κ1) is 22.6. The van der Waals surface area contributed by atoms with Crippen molar-refractivity contribution in [1.29, 1.82) is 0 Å². The fourth-order valence-electron chi connectivity index (χ4n) is 6.17. The summed E-state index contributed by atoms with van der Waals surface area (Å²) in [5.41, 5.74) is 3.55. The largest absolute Gasteiger partial charge is 0.495 e. The zero-order valence-electron chi connectivity index (χ0n) is 20.7. The molecule has 1 fully saturated rings. The van der Waals surface area contributed by atoms with Crippen LogP contribution in [0.3, 0.4) is 0 Å². The number of carbonyl (C=O) groups is 3. The number of rotatable bonds is 3. The van der Waals surface area contributed by atoms with Crippen LogP contribution in [0.2, 0.25) is 0 Å². The first-order valence-corrected chi connectivity index (χ1v) is 12.4. The van der Waals surface area contributed by atoms with Gasteiger partial charge in [-0.25, -0.2) is 4.90 Å². The molecule has 3 heterocycles. The second-order valence-electron chi connectivity index (χ2n) is 9.89. The van der Waals surface area contributed by atoms with Crippen molar-refractivity contribution in [2.45, 2.75) is 12.8 Å². The summed E-state index contributed by atoms with van der Waals surface area (Å²) in [7, 11) is 1.49. The molecule has 8 nitrogen and oxygen atoms in total. The van der Waals surface area contributed by atoms with Gasteiger partial charge < -0.3 is 18.9 Å². The second-order valence-corrected chi connectivity index (χ2v) is 9.89. The van der Waals surface area contributed by atoms with E-state index >= 15 is 0 Å². The Morgan fingerprint density at radius 3 is 2.50 bits per heavy atom. The molecule has 0 unspecified atom stereocenters. The van der Waals surface area contributed by atoms with E-state index in [4.69, 9.17) is 18.9 Å². The van der Waals surface area contributed by atoms with Gasteiger partial charge in [0, 0.05) is 11.5 Å². The Kier molecular flexibility index (Phi) is 4.88. The number of carbonyl (C=O) groups excluding carboxylic acids is 3. The van der Waals surface area contributed by atoms with Gasteiger partial charge in [-0.1, -0.05) is 36.4 Å². The van der Waals surface area contributed by atoms with E-state index in [0.29, 0.717) is 34.3 Å². The second kappa shape index (κ2) is 8.21. The molecule has 3 aromatic carbocycles. The lowest BCUT2D eigenvalue weighted by molar-refractivity contribution is -0.142. The van der Waals surface area contributed by atoms with Crippen LogP contribution < -0.4 is 23.8 Å². The third-order valence-electron chi connectivity index (χ3n) is 7.86. The van der Waals surface area contributed by atoms with Gasteiger partial charge in [0.2, 0.25) is 18.6 Å². The number of fused-ring (bicyclic) bond motifs is 6. The summed E-state index contributed by atoms with van der Waals surface area (Å²) < 4.78 is 22.3. The maximum atomic E-state index is 14.1. The molecule has 4 aliphatic rings. The van der Waals surface area contributed by atoms with Crippen molar-refractivity contribution in [2.75, 3.05) is 18.8 Å². The van der Waals surface area contributed by atoms with Crippen molar-refractivity contribution in [2.24, 2.45) is 17.8 Å². The smallest absolute Gasteiger partial charge is 0.319 e. The molecular weight excluding hydrogens is 486 g/mol. The lowest BCUT2D eigenvalue weighted by Gasteiger charge is -2.38. The van der Waals surface area contributed by atoms with Crippen molar-refractivity contribution < 1.29 is 33.3 Å². The number of ether oxygens (including phenoxy) is 4. The van der Waals surface area contributed by atoms with Crippen LogP contribution in [-0.2, 0) is 14.4 Å². The van der Waals surface area contributed by atoms with Crippen LogP contribution >= 0.6 is 0 Å². The normalized spacial score (nSPS) is 24.8. The minimum absolute atomic E-state index is 0.121. The van der Waals surface area contributed by atoms with E-state index in [2.05, 4.69) is 0 Å². The third kappa shape index (κ3) is 3.13. The lowest BCUT2D eigenvalue weighted by Crippen LogP contribution is -2.42. The van der Waals surface area contributed by atoms with Crippen LogP contribution in [0, 0.1) is 24.7 Å². The standard InChI is InChI=1S/C30H23NO7/c1-15-7-9-17-19-13-18(16-8-10-22-24(12-16)37-14-36-22)25-27(26(19)30(34)38-23(17)11-15)29(33)31(28(25)32)20-5-3-4-6-21(20)35-2/h3-13,18,25-27H,14H2,1-2H3/t18-,25+,26-,27+/m1/s1. The zero-order valence-corrected chi connectivity index (χ0v) is 20.7. The number of methoxy groups -OCH3 is 1. The molecule has 1 aliphatic carbocycles. The summed E-state index contributed by atoms with van der Waals surface area (Å²) in [4.78, 5) is 42.9. The minimum Gasteiger partial charge on any atom is -0.495 e. The van der Waals surface area contributed by atoms with E-state index < -0.39 is 35.5 Å². The minimum atomic E-state index is -0.940. The molecule has 38 heavy (non-hydrogen) atoms. The summed E-state index contributed by atoms with van der Waals surface area (Å²) in [6.45, 7) is 2.04. The fraction of sp³-hybridized carbons (Fsp3) is 0.233. The number of esters is 1. The molecule has 0 radical (unpaired) electrons. The first-order valence-electron chi connectivity index (χ1n) is 12.4. The van der Waals surface area contributed by atoms with E-state index in [1.807, 2.05) is 49.4 Å². The maximum absolute atomic E-state index is 14.1. The molecule has 0 bridgehead atoms. The molecule has 2 amide bonds. The highest BCUT2D eigenvalue weighted by Gasteiger charge is 2.60. The molecule has 3 aromatic rings. The van der Waals surface area contributed by atoms with Crippen molar-refractivity contribution in [3.63, 3.8) is 0 Å². The average molecular weight is 510 g/mol. The van der Waals surface area contributed by atoms with E-state index in [1.54, 1.807) is 24.3 Å². The van der Waals surface area contributed by atoms with E-state index in [-0.39, 0.29) is 12.7 Å². The molecule has 190 valence electrons. The molecule has 1 saturated heterocycles. The van der Waals surface area contributed by atoms with E-state index in [1.165, 1.54) is 12.0 Å². The number of hydrogen-bond donors (Lipinski definition) is 0. The average Bonchev–Trinajstić information content (AvgIpc) is 3.49. The first-order chi connectivity index (χ1) is 18.5. The Hall–Kier alpha value is -4.59. The van der Waals surface area contributed by atoms with Gasteiger partial charge in [0.05, 0.1) is 30.6 Å². The number of aryl methyl sites for hydroxylation is 1. The Morgan fingerprint density at radius 2 is 1.66 bits per heavy atom. The van der Waals surface area contributed by atoms with Gasteiger partial charge in [0.25, 0.3) is 0 Å². The summed E-state index contributed by atoms with van der Waals surface area (Å²) in [5.74, 6) is -2.46. The Balaban J connectivity index is 1.43. The number of imide groups is 1. The number of para-hydroxylation sites is 2. The van der Waals surface area contributed by atoms with E-state index in [9.17, 15) is 14.4 Å². The SMILES string of the molecule is COc1ccccc1N1C(=O)[C@@H]2[C@@H]3C(=O)Oc4cc(C)ccc4C3=C[C@H](c3ccc4c(c3)OCO4)[C@@H]2C1=O. The molecule has 0 aromatic heterocycles. The van der Waals surface area contributed by atoms with Gasteiger partial charge in [0.1, 0.15) is 11.5 Å². The number of benzene rings is 3. The predicted molar refractivity (Wildman–Crippen MR) is 136 cm³/mol. The molecule has 8 heteroatoms. The summed E-state index contributed by atoms with van der Waals surface area (Å²) in [5, 5.41) is 0. The summed E-state index contributed by atoms with van der Waals surface area (Å²) in [6.07, 6.45) is 1.95. The molecular formula is C30H23NO7. The van der Waals surface area contributed by atoms with Crippen LogP contribution in [0.5, 0.6) is 23.0 Å². The third-order valence-corrected chi connectivity index (χ3v) is 7.86. The number of hydrogen-bond acceptors (Lipinski definition) is 7. The van der Waals surface area contributed by atoms with Crippen molar-refractivity contribution in [3.8, 4) is 23.0 Å². The van der Waals surface area contributed by atoms with Crippen LogP contribution in [0.15, 0.2) is 66.7 Å². The topological polar surface area (TPSA) is 91.4 Å². The quantitative estimate of drug-likeness (QED) is 0.296. The number of anilines is 1. The molecule has 0 N–H and O–H groups in total. The van der Waals surface area contributed by atoms with Gasteiger partial charge in [-0.3, -0.25) is 14.4 Å². The Labute approximate surface area is 218 Å². The van der Waals surface area contributed by atoms with Crippen molar-refractivity contribution in [3.05, 3.63) is 83.4 Å². The fourth-order valence-corrected chi connectivity index (χ4v) is 6.17. The van der Waals surface area contributed by atoms with Gasteiger partial charge >= 0.3 is 5.97 Å². The van der Waals surface area contributed by atoms with E-state index in [0.717, 1.165) is 16.7 Å². The molecule has 0 saturated carbocycles. The number of nitrogens with zero attached hydrogens (tertiary/aromatic N) is 1. The molecule has 3 aliphatic heterocycles. The highest BCUT2D eigenvalue weighted by molar-refractivity contribution is 6.25. The summed E-state index contributed by atoms with van der Waals surface area (Å²) >= 11 is 0. The zero-order chi connectivity index (χ0) is 26.1. The number of allylic oxidation sites excluding steroid dienone is 1. The molecule has 7 rings (SSSR count).